The molecule has 0 aliphatic carbocycles. The Hall–Kier alpha value is -2.40. The molecule has 0 unspecified atom stereocenters. The topological polar surface area (TPSA) is 47.0 Å². The van der Waals surface area contributed by atoms with Gasteiger partial charge in [0.05, 0.1) is 12.8 Å². The molecule has 1 N–H and O–H groups in total. The van der Waals surface area contributed by atoms with Crippen molar-refractivity contribution in [3.8, 4) is 5.75 Å². The first-order chi connectivity index (χ1) is 10.7. The Bertz CT molecular complexity index is 753. The van der Waals surface area contributed by atoms with E-state index >= 15 is 0 Å². The molecule has 0 aliphatic heterocycles. The summed E-state index contributed by atoms with van der Waals surface area (Å²) in [5.74, 6) is 1.69. The van der Waals surface area contributed by atoms with Crippen LogP contribution in [0.4, 0.5) is 10.9 Å². The number of thiazole rings is 1. The minimum absolute atomic E-state index is 0.820. The Morgan fingerprint density at radius 1 is 1.14 bits per heavy atom. The van der Waals surface area contributed by atoms with Gasteiger partial charge in [-0.2, -0.15) is 0 Å². The molecule has 0 bridgehead atoms. The highest BCUT2D eigenvalue weighted by Gasteiger charge is 2.03. The highest BCUT2D eigenvalue weighted by atomic mass is 32.1. The lowest BCUT2D eigenvalue weighted by Crippen LogP contribution is -1.95. The molecule has 3 rings (SSSR count). The van der Waals surface area contributed by atoms with Crippen molar-refractivity contribution in [3.05, 3.63) is 64.8 Å². The summed E-state index contributed by atoms with van der Waals surface area (Å²) in [6.45, 7) is 1.98. The highest BCUT2D eigenvalue weighted by molar-refractivity contribution is 7.13. The lowest BCUT2D eigenvalue weighted by molar-refractivity contribution is 0.414. The molecule has 0 aliphatic rings. The number of ether oxygens (including phenoxy) is 1. The molecule has 22 heavy (non-hydrogen) atoms. The van der Waals surface area contributed by atoms with Gasteiger partial charge in [0.2, 0.25) is 0 Å². The van der Waals surface area contributed by atoms with Gasteiger partial charge in [0.15, 0.2) is 5.13 Å². The summed E-state index contributed by atoms with van der Waals surface area (Å²) >= 11 is 1.58. The van der Waals surface area contributed by atoms with Gasteiger partial charge in [-0.1, -0.05) is 12.1 Å². The van der Waals surface area contributed by atoms with E-state index in [-0.39, 0.29) is 0 Å². The fraction of sp³-hybridized carbons (Fsp3) is 0.176. The van der Waals surface area contributed by atoms with E-state index in [0.29, 0.717) is 0 Å². The van der Waals surface area contributed by atoms with E-state index in [9.17, 15) is 0 Å². The number of benzene rings is 1. The number of pyridine rings is 1. The summed E-state index contributed by atoms with van der Waals surface area (Å²) in [6.07, 6.45) is 2.68. The molecule has 4 nitrogen and oxygen atoms in total. The zero-order valence-electron chi connectivity index (χ0n) is 12.5. The van der Waals surface area contributed by atoms with Crippen LogP contribution in [0, 0.1) is 6.92 Å². The van der Waals surface area contributed by atoms with Crippen LogP contribution in [-0.2, 0) is 6.42 Å². The van der Waals surface area contributed by atoms with E-state index in [1.54, 1.807) is 18.4 Å². The molecule has 0 saturated heterocycles. The normalized spacial score (nSPS) is 10.5. The van der Waals surface area contributed by atoms with Gasteiger partial charge in [-0.05, 0) is 48.7 Å². The van der Waals surface area contributed by atoms with Crippen molar-refractivity contribution in [2.75, 3.05) is 12.4 Å². The summed E-state index contributed by atoms with van der Waals surface area (Å²) in [6, 6.07) is 12.2. The van der Waals surface area contributed by atoms with Crippen molar-refractivity contribution in [3.63, 3.8) is 0 Å². The summed E-state index contributed by atoms with van der Waals surface area (Å²) < 4.78 is 5.18. The smallest absolute Gasteiger partial charge is 0.188 e. The predicted molar refractivity (Wildman–Crippen MR) is 90.2 cm³/mol. The van der Waals surface area contributed by atoms with Crippen LogP contribution in [0.3, 0.4) is 0 Å². The Balaban J connectivity index is 1.72. The van der Waals surface area contributed by atoms with Crippen LogP contribution in [-0.4, -0.2) is 17.1 Å². The van der Waals surface area contributed by atoms with Gasteiger partial charge in [0.25, 0.3) is 0 Å². The molecular formula is C17H17N3OS. The Kier molecular flexibility index (Phi) is 4.34. The van der Waals surface area contributed by atoms with Crippen molar-refractivity contribution in [2.45, 2.75) is 13.3 Å². The quantitative estimate of drug-likeness (QED) is 0.767. The molecule has 3 aromatic rings. The van der Waals surface area contributed by atoms with Crippen molar-refractivity contribution in [2.24, 2.45) is 0 Å². The van der Waals surface area contributed by atoms with Gasteiger partial charge in [0, 0.05) is 11.6 Å². The zero-order chi connectivity index (χ0) is 15.4. The van der Waals surface area contributed by atoms with Gasteiger partial charge in [-0.3, -0.25) is 0 Å². The summed E-state index contributed by atoms with van der Waals surface area (Å²) in [7, 11) is 1.68. The molecule has 0 radical (unpaired) electrons. The fourth-order valence-corrected chi connectivity index (χ4v) is 2.85. The van der Waals surface area contributed by atoms with E-state index in [1.165, 1.54) is 11.1 Å². The van der Waals surface area contributed by atoms with E-state index in [1.807, 2.05) is 36.7 Å². The van der Waals surface area contributed by atoms with Crippen LogP contribution >= 0.6 is 11.3 Å². The number of nitrogens with zero attached hydrogens (tertiary/aromatic N) is 2. The Morgan fingerprint density at radius 3 is 2.64 bits per heavy atom. The molecular weight excluding hydrogens is 294 g/mol. The standard InChI is InChI=1S/C17H17N3OS/c1-12-11-22-17(19-12)20-16-10-14(7-8-18-16)9-13-3-5-15(21-2)6-4-13/h3-8,10-11H,9H2,1-2H3,(H,18,19,20). The van der Waals surface area contributed by atoms with Crippen LogP contribution in [0.25, 0.3) is 0 Å². The number of hydrogen-bond acceptors (Lipinski definition) is 5. The third kappa shape index (κ3) is 3.62. The van der Waals surface area contributed by atoms with E-state index in [4.69, 9.17) is 4.74 Å². The van der Waals surface area contributed by atoms with Crippen LogP contribution in [0.15, 0.2) is 48.0 Å². The monoisotopic (exact) mass is 311 g/mol. The van der Waals surface area contributed by atoms with Gasteiger partial charge >= 0.3 is 0 Å². The first-order valence-electron chi connectivity index (χ1n) is 7.00. The van der Waals surface area contributed by atoms with Gasteiger partial charge in [-0.15, -0.1) is 11.3 Å². The summed E-state index contributed by atoms with van der Waals surface area (Å²) in [5.41, 5.74) is 3.46. The van der Waals surface area contributed by atoms with Crippen molar-refractivity contribution in [1.82, 2.24) is 9.97 Å². The molecule has 0 atom stereocenters. The second-order valence-electron chi connectivity index (χ2n) is 4.99. The van der Waals surface area contributed by atoms with Gasteiger partial charge in [0.1, 0.15) is 11.6 Å². The molecule has 5 heteroatoms. The first-order valence-corrected chi connectivity index (χ1v) is 7.88. The lowest BCUT2D eigenvalue weighted by Gasteiger charge is -2.06. The molecule has 112 valence electrons. The molecule has 0 spiro atoms. The molecule has 2 aromatic heterocycles. The van der Waals surface area contributed by atoms with E-state index in [2.05, 4.69) is 33.5 Å². The van der Waals surface area contributed by atoms with Crippen molar-refractivity contribution >= 4 is 22.3 Å². The molecule has 0 saturated carbocycles. The van der Waals surface area contributed by atoms with Crippen LogP contribution in [0.1, 0.15) is 16.8 Å². The number of nitrogens with one attached hydrogen (secondary N) is 1. The van der Waals surface area contributed by atoms with Crippen LogP contribution in [0.5, 0.6) is 5.75 Å². The van der Waals surface area contributed by atoms with Gasteiger partial charge < -0.3 is 10.1 Å². The molecule has 0 fully saturated rings. The lowest BCUT2D eigenvalue weighted by atomic mass is 10.1. The fourth-order valence-electron chi connectivity index (χ4n) is 2.15. The molecule has 1 aromatic carbocycles. The summed E-state index contributed by atoms with van der Waals surface area (Å²) in [5, 5.41) is 6.13. The van der Waals surface area contributed by atoms with Gasteiger partial charge in [-0.25, -0.2) is 9.97 Å². The molecule has 0 amide bonds. The number of aromatic nitrogens is 2. The van der Waals surface area contributed by atoms with Crippen LogP contribution in [0.2, 0.25) is 0 Å². The maximum atomic E-state index is 5.18. The predicted octanol–water partition coefficient (Wildman–Crippen LogP) is 4.19. The maximum Gasteiger partial charge on any atom is 0.188 e. The van der Waals surface area contributed by atoms with E-state index < -0.39 is 0 Å². The second kappa shape index (κ2) is 6.58. The van der Waals surface area contributed by atoms with Crippen molar-refractivity contribution in [1.29, 1.82) is 0 Å². The first kappa shape index (κ1) is 14.5. The second-order valence-corrected chi connectivity index (χ2v) is 5.85. The van der Waals surface area contributed by atoms with Crippen molar-refractivity contribution < 1.29 is 4.74 Å². The number of rotatable bonds is 5. The highest BCUT2D eigenvalue weighted by Crippen LogP contribution is 2.21. The Labute approximate surface area is 133 Å². The third-order valence-corrected chi connectivity index (χ3v) is 4.12. The Morgan fingerprint density at radius 2 is 1.95 bits per heavy atom. The maximum absolute atomic E-state index is 5.18. The minimum Gasteiger partial charge on any atom is -0.497 e. The number of hydrogen-bond donors (Lipinski definition) is 1. The number of aryl methyl sites for hydroxylation is 1. The van der Waals surface area contributed by atoms with E-state index in [0.717, 1.165) is 28.8 Å². The van der Waals surface area contributed by atoms with Crippen LogP contribution < -0.4 is 10.1 Å². The molecule has 2 heterocycles. The largest absolute Gasteiger partial charge is 0.497 e. The SMILES string of the molecule is COc1ccc(Cc2ccnc(Nc3nc(C)cs3)c2)cc1. The zero-order valence-corrected chi connectivity index (χ0v) is 13.4. The average Bonchev–Trinajstić information content (AvgIpc) is 2.93. The average molecular weight is 311 g/mol. The minimum atomic E-state index is 0.820. The number of methoxy groups -OCH3 is 1. The number of anilines is 2. The summed E-state index contributed by atoms with van der Waals surface area (Å²) in [4.78, 5) is 8.74. The third-order valence-electron chi connectivity index (χ3n) is 3.25.